The normalized spacial score (nSPS) is 20.6. The van der Waals surface area contributed by atoms with E-state index in [0.717, 1.165) is 44.7 Å². The Labute approximate surface area is 149 Å². The molecule has 2 fully saturated rings. The van der Waals surface area contributed by atoms with Crippen LogP contribution in [0.2, 0.25) is 0 Å². The number of hydrogen-bond acceptors (Lipinski definition) is 3. The number of carbonyl (C=O) groups is 2. The highest BCUT2D eigenvalue weighted by atomic mass is 35.5. The lowest BCUT2D eigenvalue weighted by atomic mass is 9.96. The maximum atomic E-state index is 12.2. The zero-order valence-corrected chi connectivity index (χ0v) is 14.7. The topological polar surface area (TPSA) is 61.4 Å². The Morgan fingerprint density at radius 1 is 1.25 bits per heavy atom. The van der Waals surface area contributed by atoms with E-state index >= 15 is 0 Å². The smallest absolute Gasteiger partial charge is 0.251 e. The molecule has 0 saturated carbocycles. The van der Waals surface area contributed by atoms with Crippen molar-refractivity contribution in [3.8, 4) is 0 Å². The summed E-state index contributed by atoms with van der Waals surface area (Å²) in [4.78, 5) is 25.7. The monoisotopic (exact) mass is 351 g/mol. The van der Waals surface area contributed by atoms with E-state index in [-0.39, 0.29) is 24.2 Å². The second kappa shape index (κ2) is 9.04. The molecule has 3 rings (SSSR count). The average Bonchev–Trinajstić information content (AvgIpc) is 3.02. The highest BCUT2D eigenvalue weighted by Gasteiger charge is 2.21. The molecule has 2 N–H and O–H groups in total. The van der Waals surface area contributed by atoms with E-state index in [1.54, 1.807) is 17.0 Å². The highest BCUT2D eigenvalue weighted by molar-refractivity contribution is 5.97. The highest BCUT2D eigenvalue weighted by Crippen LogP contribution is 2.21. The van der Waals surface area contributed by atoms with E-state index in [9.17, 15) is 9.59 Å². The Morgan fingerprint density at radius 3 is 2.67 bits per heavy atom. The van der Waals surface area contributed by atoms with Gasteiger partial charge < -0.3 is 15.5 Å². The minimum atomic E-state index is -0.0342. The largest absolute Gasteiger partial charge is 0.352 e. The lowest BCUT2D eigenvalue weighted by Crippen LogP contribution is -2.33. The van der Waals surface area contributed by atoms with Crippen LogP contribution >= 0.6 is 12.4 Å². The fourth-order valence-electron chi connectivity index (χ4n) is 3.38. The maximum absolute atomic E-state index is 12.2. The van der Waals surface area contributed by atoms with Crippen molar-refractivity contribution >= 4 is 29.9 Å². The standard InChI is InChI=1S/C18H25N3O2.ClH/c22-17-4-2-12-21(17)16-7-5-15(6-8-16)18(23)20-11-9-14-3-1-10-19-13-14;/h5-8,14,19H,1-4,9-13H2,(H,20,23);1H. The van der Waals surface area contributed by atoms with Gasteiger partial charge in [0.2, 0.25) is 5.91 Å². The van der Waals surface area contributed by atoms with Gasteiger partial charge in [-0.1, -0.05) is 0 Å². The molecule has 0 bridgehead atoms. The molecule has 2 aliphatic rings. The fraction of sp³-hybridized carbons (Fsp3) is 0.556. The van der Waals surface area contributed by atoms with Gasteiger partial charge in [-0.25, -0.2) is 0 Å². The summed E-state index contributed by atoms with van der Waals surface area (Å²) >= 11 is 0. The maximum Gasteiger partial charge on any atom is 0.251 e. The molecule has 6 heteroatoms. The van der Waals surface area contributed by atoms with Crippen LogP contribution in [0.15, 0.2) is 24.3 Å². The molecule has 5 nitrogen and oxygen atoms in total. The minimum absolute atomic E-state index is 0. The predicted octanol–water partition coefficient (Wildman–Crippen LogP) is 2.35. The van der Waals surface area contributed by atoms with E-state index in [4.69, 9.17) is 0 Å². The van der Waals surface area contributed by atoms with Gasteiger partial charge >= 0.3 is 0 Å². The van der Waals surface area contributed by atoms with Gasteiger partial charge in [0.05, 0.1) is 0 Å². The van der Waals surface area contributed by atoms with Crippen LogP contribution in [0.1, 0.15) is 42.5 Å². The fourth-order valence-corrected chi connectivity index (χ4v) is 3.38. The van der Waals surface area contributed by atoms with Gasteiger partial charge in [-0.15, -0.1) is 12.4 Å². The second-order valence-corrected chi connectivity index (χ2v) is 6.45. The van der Waals surface area contributed by atoms with Crippen LogP contribution < -0.4 is 15.5 Å². The summed E-state index contributed by atoms with van der Waals surface area (Å²) in [5, 5.41) is 6.39. The average molecular weight is 352 g/mol. The van der Waals surface area contributed by atoms with E-state index < -0.39 is 0 Å². The molecule has 2 aliphatic heterocycles. The molecule has 0 aromatic heterocycles. The summed E-state index contributed by atoms with van der Waals surface area (Å²) in [5.74, 6) is 0.809. The molecule has 132 valence electrons. The number of piperidine rings is 1. The van der Waals surface area contributed by atoms with Crippen molar-refractivity contribution in [3.63, 3.8) is 0 Å². The predicted molar refractivity (Wildman–Crippen MR) is 97.8 cm³/mol. The third-order valence-corrected chi connectivity index (χ3v) is 4.75. The molecule has 1 unspecified atom stereocenters. The van der Waals surface area contributed by atoms with Crippen molar-refractivity contribution in [1.82, 2.24) is 10.6 Å². The molecule has 0 radical (unpaired) electrons. The van der Waals surface area contributed by atoms with Crippen LogP contribution in [0.25, 0.3) is 0 Å². The Morgan fingerprint density at radius 2 is 2.04 bits per heavy atom. The van der Waals surface area contributed by atoms with Gasteiger partial charge in [0.1, 0.15) is 0 Å². The van der Waals surface area contributed by atoms with Gasteiger partial charge in [0.25, 0.3) is 5.91 Å². The summed E-state index contributed by atoms with van der Waals surface area (Å²) < 4.78 is 0. The lowest BCUT2D eigenvalue weighted by Gasteiger charge is -2.22. The molecule has 24 heavy (non-hydrogen) atoms. The molecule has 2 amide bonds. The van der Waals surface area contributed by atoms with Gasteiger partial charge in [-0.3, -0.25) is 9.59 Å². The number of halogens is 1. The Bertz CT molecular complexity index is 556. The van der Waals surface area contributed by atoms with Crippen LogP contribution in [-0.4, -0.2) is 38.0 Å². The van der Waals surface area contributed by atoms with Crippen LogP contribution in [0, 0.1) is 5.92 Å². The summed E-state index contributed by atoms with van der Waals surface area (Å²) in [5.41, 5.74) is 1.54. The van der Waals surface area contributed by atoms with Gasteiger partial charge in [-0.05, 0) is 69.0 Å². The van der Waals surface area contributed by atoms with Crippen LogP contribution in [-0.2, 0) is 4.79 Å². The summed E-state index contributed by atoms with van der Waals surface area (Å²) in [6.07, 6.45) is 5.05. The van der Waals surface area contributed by atoms with Crippen LogP contribution in [0.4, 0.5) is 5.69 Å². The Kier molecular flexibility index (Phi) is 7.06. The van der Waals surface area contributed by atoms with Crippen molar-refractivity contribution in [2.45, 2.75) is 32.1 Å². The van der Waals surface area contributed by atoms with Crippen molar-refractivity contribution in [2.75, 3.05) is 31.1 Å². The quantitative estimate of drug-likeness (QED) is 0.856. The first-order valence-electron chi connectivity index (χ1n) is 8.63. The molecule has 1 aromatic carbocycles. The number of anilines is 1. The lowest BCUT2D eigenvalue weighted by molar-refractivity contribution is -0.117. The van der Waals surface area contributed by atoms with Gasteiger partial charge in [0.15, 0.2) is 0 Å². The Hall–Kier alpha value is -1.59. The minimum Gasteiger partial charge on any atom is -0.352 e. The molecule has 2 heterocycles. The summed E-state index contributed by atoms with van der Waals surface area (Å²) in [6.45, 7) is 3.68. The molecular formula is C18H26ClN3O2. The van der Waals surface area contributed by atoms with Gasteiger partial charge in [0, 0.05) is 30.8 Å². The number of rotatable bonds is 5. The second-order valence-electron chi connectivity index (χ2n) is 6.45. The molecule has 1 aromatic rings. The number of nitrogens with one attached hydrogen (secondary N) is 2. The molecular weight excluding hydrogens is 326 g/mol. The number of hydrogen-bond donors (Lipinski definition) is 2. The number of amides is 2. The first-order valence-corrected chi connectivity index (χ1v) is 8.63. The van der Waals surface area contributed by atoms with Crippen molar-refractivity contribution < 1.29 is 9.59 Å². The van der Waals surface area contributed by atoms with E-state index in [0.29, 0.717) is 17.9 Å². The van der Waals surface area contributed by atoms with Crippen LogP contribution in [0.5, 0.6) is 0 Å². The zero-order chi connectivity index (χ0) is 16.1. The molecule has 2 saturated heterocycles. The van der Waals surface area contributed by atoms with Gasteiger partial charge in [-0.2, -0.15) is 0 Å². The molecule has 0 aliphatic carbocycles. The van der Waals surface area contributed by atoms with E-state index in [1.807, 2.05) is 12.1 Å². The number of benzene rings is 1. The molecule has 0 spiro atoms. The summed E-state index contributed by atoms with van der Waals surface area (Å²) in [6, 6.07) is 7.34. The zero-order valence-electron chi connectivity index (χ0n) is 13.9. The number of carbonyl (C=O) groups excluding carboxylic acids is 2. The van der Waals surface area contributed by atoms with Crippen molar-refractivity contribution in [3.05, 3.63) is 29.8 Å². The van der Waals surface area contributed by atoms with E-state index in [2.05, 4.69) is 10.6 Å². The first-order chi connectivity index (χ1) is 11.2. The van der Waals surface area contributed by atoms with Crippen molar-refractivity contribution in [1.29, 1.82) is 0 Å². The third-order valence-electron chi connectivity index (χ3n) is 4.75. The first kappa shape index (κ1) is 18.7. The molecule has 1 atom stereocenters. The van der Waals surface area contributed by atoms with E-state index in [1.165, 1.54) is 12.8 Å². The number of nitrogens with zero attached hydrogens (tertiary/aromatic N) is 1. The summed E-state index contributed by atoms with van der Waals surface area (Å²) in [7, 11) is 0. The third kappa shape index (κ3) is 4.71. The van der Waals surface area contributed by atoms with Crippen LogP contribution in [0.3, 0.4) is 0 Å². The SMILES string of the molecule is Cl.O=C(NCCC1CCCNC1)c1ccc(N2CCCC2=O)cc1. The van der Waals surface area contributed by atoms with Crippen molar-refractivity contribution in [2.24, 2.45) is 5.92 Å². The Balaban J connectivity index is 0.00000208.